The predicted molar refractivity (Wildman–Crippen MR) is 160 cm³/mol. The van der Waals surface area contributed by atoms with Gasteiger partial charge in [0.25, 0.3) is 0 Å². The summed E-state index contributed by atoms with van der Waals surface area (Å²) in [7, 11) is 0. The van der Waals surface area contributed by atoms with Gasteiger partial charge >= 0.3 is 17.9 Å². The maximum absolute atomic E-state index is 12.4. The van der Waals surface area contributed by atoms with Crippen LogP contribution in [-0.4, -0.2) is 35.2 Å². The average Bonchev–Trinajstić information content (AvgIpc) is 3.07. The van der Waals surface area contributed by atoms with E-state index in [1.165, 1.54) is 25.0 Å². The topological polar surface area (TPSA) is 89.9 Å². The van der Waals surface area contributed by atoms with Crippen LogP contribution < -0.4 is 0 Å². The first-order chi connectivity index (χ1) is 19.0. The fourth-order valence-electron chi connectivity index (χ4n) is 9.78. The van der Waals surface area contributed by atoms with Gasteiger partial charge in [-0.2, -0.15) is 0 Å². The summed E-state index contributed by atoms with van der Waals surface area (Å²) in [5, 5.41) is 9.11. The largest absolute Gasteiger partial charge is 0.481 e. The molecule has 8 atom stereocenters. The summed E-state index contributed by atoms with van der Waals surface area (Å²) in [6, 6.07) is 0. The lowest BCUT2D eigenvalue weighted by molar-refractivity contribution is -0.166. The standard InChI is InChI=1S/C35H52O6/c1-21(19-31(38)39)11-10-12-22(2)27-20-30(41-24(4)37)35(9)26-13-14-28-32(5,6)29(40-23(3)36)16-17-33(28,7)25(26)15-18-34(27,35)8/h11,13,15,22,27-30H,10,12,14,16-20H2,1-9H3,(H,38,39)/b21-11-/t22-,27-,28+,29-,30+,33-,34-,35-/m1/s1. The van der Waals surface area contributed by atoms with Crippen molar-refractivity contribution in [2.75, 3.05) is 0 Å². The number of ether oxygens (including phenoxy) is 2. The van der Waals surface area contributed by atoms with Gasteiger partial charge in [0, 0.05) is 24.7 Å². The summed E-state index contributed by atoms with van der Waals surface area (Å²) < 4.78 is 12.0. The highest BCUT2D eigenvalue weighted by atomic mass is 16.5. The van der Waals surface area contributed by atoms with Gasteiger partial charge in [-0.3, -0.25) is 14.4 Å². The zero-order chi connectivity index (χ0) is 30.5. The number of hydrogen-bond donors (Lipinski definition) is 1. The summed E-state index contributed by atoms with van der Waals surface area (Å²) in [6.07, 6.45) is 13.2. The number of carboxylic acid groups (broad SMARTS) is 1. The first-order valence-corrected chi connectivity index (χ1v) is 15.6. The smallest absolute Gasteiger partial charge is 0.307 e. The quantitative estimate of drug-likeness (QED) is 0.237. The van der Waals surface area contributed by atoms with Gasteiger partial charge in [0.15, 0.2) is 0 Å². The summed E-state index contributed by atoms with van der Waals surface area (Å²) in [5.74, 6) is -0.111. The van der Waals surface area contributed by atoms with Gasteiger partial charge < -0.3 is 14.6 Å². The number of carboxylic acids is 1. The van der Waals surface area contributed by atoms with Gasteiger partial charge in [-0.25, -0.2) is 0 Å². The van der Waals surface area contributed by atoms with Crippen molar-refractivity contribution >= 4 is 17.9 Å². The third-order valence-corrected chi connectivity index (χ3v) is 12.1. The zero-order valence-electron chi connectivity index (χ0n) is 26.8. The molecule has 2 fully saturated rings. The SMILES string of the molecule is CC(=O)O[C@H]1C[C@H]([C@H](C)CC/C=C(/C)CC(=O)O)[C@@]2(C)CC=C3C(=CC[C@H]4C(C)(C)[C@H](OC(C)=O)CC[C@]34C)[C@]12C. The van der Waals surface area contributed by atoms with Gasteiger partial charge in [-0.1, -0.05) is 65.3 Å². The summed E-state index contributed by atoms with van der Waals surface area (Å²) in [4.78, 5) is 35.4. The van der Waals surface area contributed by atoms with Crippen molar-refractivity contribution in [3.05, 3.63) is 34.9 Å². The third-order valence-electron chi connectivity index (χ3n) is 12.1. The lowest BCUT2D eigenvalue weighted by Crippen LogP contribution is -2.56. The Labute approximate surface area is 247 Å². The Morgan fingerprint density at radius 1 is 1.00 bits per heavy atom. The molecule has 0 aromatic rings. The average molecular weight is 569 g/mol. The molecule has 4 aliphatic rings. The number of allylic oxidation sites excluding steroid dienone is 4. The number of esters is 2. The van der Waals surface area contributed by atoms with E-state index in [9.17, 15) is 14.4 Å². The normalized spacial score (nSPS) is 38.4. The predicted octanol–water partition coefficient (Wildman–Crippen LogP) is 7.82. The molecular formula is C35H52O6. The third kappa shape index (κ3) is 5.22. The van der Waals surface area contributed by atoms with Gasteiger partial charge in [0.05, 0.1) is 6.42 Å². The van der Waals surface area contributed by atoms with Crippen LogP contribution in [0.3, 0.4) is 0 Å². The molecule has 0 bridgehead atoms. The van der Waals surface area contributed by atoms with Crippen molar-refractivity contribution in [2.45, 2.75) is 126 Å². The minimum atomic E-state index is -0.792. The second kappa shape index (κ2) is 11.0. The molecule has 0 aromatic heterocycles. The number of carbonyl (C=O) groups is 3. The maximum Gasteiger partial charge on any atom is 0.307 e. The molecule has 6 nitrogen and oxygen atoms in total. The molecule has 4 aliphatic carbocycles. The Morgan fingerprint density at radius 3 is 2.24 bits per heavy atom. The van der Waals surface area contributed by atoms with E-state index in [4.69, 9.17) is 14.6 Å². The first-order valence-electron chi connectivity index (χ1n) is 15.6. The molecule has 0 saturated heterocycles. The van der Waals surface area contributed by atoms with E-state index >= 15 is 0 Å². The maximum atomic E-state index is 12.4. The molecule has 0 aromatic carbocycles. The van der Waals surface area contributed by atoms with Gasteiger partial charge in [-0.15, -0.1) is 0 Å². The zero-order valence-corrected chi connectivity index (χ0v) is 26.8. The van der Waals surface area contributed by atoms with Crippen molar-refractivity contribution in [3.8, 4) is 0 Å². The van der Waals surface area contributed by atoms with Crippen LogP contribution in [0.4, 0.5) is 0 Å². The fraction of sp³-hybridized carbons (Fsp3) is 0.743. The molecule has 0 radical (unpaired) electrons. The summed E-state index contributed by atoms with van der Waals surface area (Å²) >= 11 is 0. The van der Waals surface area contributed by atoms with E-state index in [0.717, 1.165) is 50.5 Å². The van der Waals surface area contributed by atoms with Crippen molar-refractivity contribution in [1.82, 2.24) is 0 Å². The molecule has 0 unspecified atom stereocenters. The van der Waals surface area contributed by atoms with Gasteiger partial charge in [-0.05, 0) is 91.6 Å². The molecule has 228 valence electrons. The van der Waals surface area contributed by atoms with Crippen molar-refractivity contribution in [1.29, 1.82) is 0 Å². The van der Waals surface area contributed by atoms with Crippen molar-refractivity contribution < 1.29 is 29.0 Å². The molecule has 0 aliphatic heterocycles. The molecule has 0 heterocycles. The van der Waals surface area contributed by atoms with Crippen LogP contribution in [0.15, 0.2) is 34.9 Å². The number of fused-ring (bicyclic) bond motifs is 5. The highest BCUT2D eigenvalue weighted by Gasteiger charge is 2.67. The van der Waals surface area contributed by atoms with Crippen LogP contribution in [0, 0.1) is 39.4 Å². The lowest BCUT2D eigenvalue weighted by atomic mass is 9.44. The summed E-state index contributed by atoms with van der Waals surface area (Å²) in [6.45, 7) is 18.9. The minimum absolute atomic E-state index is 0.0362. The molecule has 0 spiro atoms. The number of aliphatic carboxylic acids is 1. The second-order valence-electron chi connectivity index (χ2n) is 14.8. The number of rotatable bonds is 8. The number of carbonyl (C=O) groups excluding carboxylic acids is 2. The van der Waals surface area contributed by atoms with E-state index in [-0.39, 0.29) is 52.2 Å². The Balaban J connectivity index is 1.69. The van der Waals surface area contributed by atoms with Crippen LogP contribution in [0.2, 0.25) is 0 Å². The van der Waals surface area contributed by atoms with E-state index in [1.54, 1.807) is 0 Å². The molecule has 41 heavy (non-hydrogen) atoms. The van der Waals surface area contributed by atoms with E-state index in [1.807, 2.05) is 6.92 Å². The highest BCUT2D eigenvalue weighted by molar-refractivity contribution is 5.69. The van der Waals surface area contributed by atoms with Crippen molar-refractivity contribution in [3.63, 3.8) is 0 Å². The van der Waals surface area contributed by atoms with Gasteiger partial charge in [0.1, 0.15) is 12.2 Å². The lowest BCUT2D eigenvalue weighted by Gasteiger charge is -2.61. The van der Waals surface area contributed by atoms with Crippen LogP contribution in [0.1, 0.15) is 114 Å². The molecule has 2 saturated carbocycles. The first kappa shape index (κ1) is 31.6. The van der Waals surface area contributed by atoms with Crippen molar-refractivity contribution in [2.24, 2.45) is 39.4 Å². The highest BCUT2D eigenvalue weighted by Crippen LogP contribution is 2.72. The molecule has 0 amide bonds. The molecule has 1 N–H and O–H groups in total. The van der Waals surface area contributed by atoms with E-state index < -0.39 is 5.97 Å². The minimum Gasteiger partial charge on any atom is -0.481 e. The molecular weight excluding hydrogens is 516 g/mol. The fourth-order valence-corrected chi connectivity index (χ4v) is 9.78. The Hall–Kier alpha value is -2.37. The van der Waals surface area contributed by atoms with E-state index in [0.29, 0.717) is 17.8 Å². The van der Waals surface area contributed by atoms with E-state index in [2.05, 4.69) is 59.8 Å². The van der Waals surface area contributed by atoms with Crippen LogP contribution in [0.25, 0.3) is 0 Å². The Kier molecular flexibility index (Phi) is 8.50. The summed E-state index contributed by atoms with van der Waals surface area (Å²) in [5.41, 5.74) is 3.11. The van der Waals surface area contributed by atoms with Gasteiger partial charge in [0.2, 0.25) is 0 Å². The Morgan fingerprint density at radius 2 is 1.63 bits per heavy atom. The Bertz CT molecular complexity index is 1180. The number of hydrogen-bond acceptors (Lipinski definition) is 5. The second-order valence-corrected chi connectivity index (χ2v) is 14.8. The molecule has 6 heteroatoms. The van der Waals surface area contributed by atoms with Crippen LogP contribution >= 0.6 is 0 Å². The van der Waals surface area contributed by atoms with Crippen LogP contribution in [0.5, 0.6) is 0 Å². The van der Waals surface area contributed by atoms with Crippen LogP contribution in [-0.2, 0) is 23.9 Å². The molecule has 4 rings (SSSR count). The monoisotopic (exact) mass is 568 g/mol.